The summed E-state index contributed by atoms with van der Waals surface area (Å²) in [5, 5.41) is 0.624. The summed E-state index contributed by atoms with van der Waals surface area (Å²) in [6.07, 6.45) is 0. The van der Waals surface area contributed by atoms with Gasteiger partial charge >= 0.3 is 0 Å². The van der Waals surface area contributed by atoms with E-state index in [0.29, 0.717) is 24.0 Å². The molecule has 2 nitrogen and oxygen atoms in total. The highest BCUT2D eigenvalue weighted by molar-refractivity contribution is 6.32. The van der Waals surface area contributed by atoms with Gasteiger partial charge in [0.25, 0.3) is 0 Å². The Balaban J connectivity index is 2.81. The molecule has 0 saturated heterocycles. The first kappa shape index (κ1) is 12.3. The van der Waals surface area contributed by atoms with Crippen LogP contribution in [0.3, 0.4) is 0 Å². The van der Waals surface area contributed by atoms with Crippen LogP contribution >= 0.6 is 11.6 Å². The average Bonchev–Trinajstić information content (AvgIpc) is 2.21. The van der Waals surface area contributed by atoms with Crippen molar-refractivity contribution in [2.45, 2.75) is 12.8 Å². The van der Waals surface area contributed by atoms with Gasteiger partial charge in [-0.1, -0.05) is 17.7 Å². The highest BCUT2D eigenvalue weighted by Gasteiger charge is 2.08. The number of hydrogen-bond donors (Lipinski definition) is 0. The lowest BCUT2D eigenvalue weighted by atomic mass is 10.0. The first-order valence-corrected chi connectivity index (χ1v) is 5.31. The van der Waals surface area contributed by atoms with Crippen LogP contribution in [0, 0.1) is 6.92 Å². The van der Waals surface area contributed by atoms with Gasteiger partial charge in [0.15, 0.2) is 0 Å². The average molecular weight is 228 g/mol. The lowest BCUT2D eigenvalue weighted by Gasteiger charge is -2.12. The molecule has 0 aliphatic rings. The Morgan fingerprint density at radius 1 is 1.47 bits per heavy atom. The molecule has 0 aliphatic carbocycles. The zero-order chi connectivity index (χ0) is 11.3. The number of rotatable bonds is 5. The molecule has 0 N–H and O–H groups in total. The van der Waals surface area contributed by atoms with Gasteiger partial charge in [-0.05, 0) is 31.5 Å². The molecule has 0 saturated carbocycles. The van der Waals surface area contributed by atoms with Crippen molar-refractivity contribution in [1.82, 2.24) is 0 Å². The number of halogens is 1. The number of benzene rings is 1. The Bertz CT molecular complexity index is 312. The van der Waals surface area contributed by atoms with E-state index in [-0.39, 0.29) is 5.92 Å². The highest BCUT2D eigenvalue weighted by atomic mass is 35.5. The van der Waals surface area contributed by atoms with Gasteiger partial charge in [0.1, 0.15) is 5.75 Å². The van der Waals surface area contributed by atoms with Crippen molar-refractivity contribution in [1.29, 1.82) is 0 Å². The molecule has 0 heterocycles. The Morgan fingerprint density at radius 3 is 2.73 bits per heavy atom. The molecular formula is C12H16ClO2. The quantitative estimate of drug-likeness (QED) is 0.769. The van der Waals surface area contributed by atoms with E-state index in [1.807, 2.05) is 25.1 Å². The molecule has 0 fully saturated rings. The lowest BCUT2D eigenvalue weighted by Crippen LogP contribution is -2.02. The second-order valence-electron chi connectivity index (χ2n) is 3.28. The summed E-state index contributed by atoms with van der Waals surface area (Å²) in [5.41, 5.74) is 1.06. The van der Waals surface area contributed by atoms with Gasteiger partial charge in [-0.3, -0.25) is 0 Å². The van der Waals surface area contributed by atoms with Gasteiger partial charge < -0.3 is 9.47 Å². The van der Waals surface area contributed by atoms with E-state index >= 15 is 0 Å². The topological polar surface area (TPSA) is 18.5 Å². The van der Waals surface area contributed by atoms with Crippen molar-refractivity contribution in [2.75, 3.05) is 20.3 Å². The minimum absolute atomic E-state index is 0.100. The first-order valence-electron chi connectivity index (χ1n) is 4.93. The molecule has 15 heavy (non-hydrogen) atoms. The van der Waals surface area contributed by atoms with E-state index in [1.165, 1.54) is 0 Å². The van der Waals surface area contributed by atoms with Gasteiger partial charge in [-0.2, -0.15) is 0 Å². The molecule has 1 aromatic rings. The van der Waals surface area contributed by atoms with Crippen LogP contribution < -0.4 is 4.74 Å². The predicted octanol–water partition coefficient (Wildman–Crippen LogP) is 3.30. The molecule has 0 amide bonds. The van der Waals surface area contributed by atoms with Gasteiger partial charge in [0, 0.05) is 13.0 Å². The van der Waals surface area contributed by atoms with Gasteiger partial charge in [0.2, 0.25) is 0 Å². The van der Waals surface area contributed by atoms with E-state index in [0.717, 1.165) is 5.56 Å². The van der Waals surface area contributed by atoms with Crippen LogP contribution in [0.15, 0.2) is 18.2 Å². The van der Waals surface area contributed by atoms with E-state index in [1.54, 1.807) is 7.11 Å². The van der Waals surface area contributed by atoms with Crippen molar-refractivity contribution in [3.8, 4) is 5.75 Å². The maximum Gasteiger partial charge on any atom is 0.137 e. The lowest BCUT2D eigenvalue weighted by molar-refractivity contribution is 0.190. The molecule has 1 aromatic carbocycles. The van der Waals surface area contributed by atoms with Crippen molar-refractivity contribution >= 4 is 11.6 Å². The van der Waals surface area contributed by atoms with E-state index < -0.39 is 0 Å². The fourth-order valence-corrected chi connectivity index (χ4v) is 1.58. The molecule has 1 rings (SSSR count). The fraction of sp³-hybridized carbons (Fsp3) is 0.417. The minimum Gasteiger partial charge on any atom is -0.492 e. The second-order valence-corrected chi connectivity index (χ2v) is 3.68. The smallest absolute Gasteiger partial charge is 0.137 e. The Hall–Kier alpha value is -0.730. The van der Waals surface area contributed by atoms with E-state index in [9.17, 15) is 0 Å². The van der Waals surface area contributed by atoms with Gasteiger partial charge in [0.05, 0.1) is 18.2 Å². The SMILES string of the molecule is [CH2]C(COC)c1ccc(OCC)c(Cl)c1. The molecule has 0 spiro atoms. The molecule has 83 valence electrons. The van der Waals surface area contributed by atoms with Crippen LogP contribution in [0.2, 0.25) is 5.02 Å². The summed E-state index contributed by atoms with van der Waals surface area (Å²) in [6.45, 7) is 7.12. The Kier molecular flexibility index (Phi) is 4.92. The van der Waals surface area contributed by atoms with E-state index in [4.69, 9.17) is 21.1 Å². The number of hydrogen-bond acceptors (Lipinski definition) is 2. The monoisotopic (exact) mass is 227 g/mol. The largest absolute Gasteiger partial charge is 0.492 e. The van der Waals surface area contributed by atoms with Gasteiger partial charge in [-0.15, -0.1) is 0 Å². The molecule has 0 bridgehead atoms. The summed E-state index contributed by atoms with van der Waals surface area (Å²) in [6, 6.07) is 5.71. The molecular weight excluding hydrogens is 212 g/mol. The van der Waals surface area contributed by atoms with Crippen LogP contribution in [-0.4, -0.2) is 20.3 Å². The Labute approximate surface area is 96.2 Å². The highest BCUT2D eigenvalue weighted by Crippen LogP contribution is 2.28. The van der Waals surface area contributed by atoms with E-state index in [2.05, 4.69) is 6.92 Å². The summed E-state index contributed by atoms with van der Waals surface area (Å²) in [4.78, 5) is 0. The number of methoxy groups -OCH3 is 1. The molecule has 3 heteroatoms. The molecule has 0 aromatic heterocycles. The molecule has 0 aliphatic heterocycles. The molecule has 1 atom stereocenters. The summed E-state index contributed by atoms with van der Waals surface area (Å²) in [7, 11) is 1.66. The molecule has 1 radical (unpaired) electrons. The normalized spacial score (nSPS) is 12.5. The zero-order valence-corrected chi connectivity index (χ0v) is 9.88. The van der Waals surface area contributed by atoms with Crippen LogP contribution in [0.1, 0.15) is 18.4 Å². The van der Waals surface area contributed by atoms with Crippen molar-refractivity contribution < 1.29 is 9.47 Å². The van der Waals surface area contributed by atoms with Gasteiger partial charge in [-0.25, -0.2) is 0 Å². The Morgan fingerprint density at radius 2 is 2.20 bits per heavy atom. The maximum atomic E-state index is 6.06. The molecule has 1 unspecified atom stereocenters. The van der Waals surface area contributed by atoms with Crippen LogP contribution in [-0.2, 0) is 4.74 Å². The second kappa shape index (κ2) is 5.99. The van der Waals surface area contributed by atoms with Crippen molar-refractivity contribution in [2.24, 2.45) is 0 Å². The third-order valence-electron chi connectivity index (χ3n) is 2.10. The maximum absolute atomic E-state index is 6.06. The van der Waals surface area contributed by atoms with Crippen molar-refractivity contribution in [3.63, 3.8) is 0 Å². The van der Waals surface area contributed by atoms with Crippen LogP contribution in [0.5, 0.6) is 5.75 Å². The first-order chi connectivity index (χ1) is 7.19. The summed E-state index contributed by atoms with van der Waals surface area (Å²) in [5.74, 6) is 0.815. The van der Waals surface area contributed by atoms with Crippen molar-refractivity contribution in [3.05, 3.63) is 35.7 Å². The minimum atomic E-state index is 0.100. The fourth-order valence-electron chi connectivity index (χ4n) is 1.34. The zero-order valence-electron chi connectivity index (χ0n) is 9.13. The standard InChI is InChI=1S/C12H16ClO2/c1-4-15-12-6-5-10(7-11(12)13)9(2)8-14-3/h5-7,9H,2,4,8H2,1,3H3. The predicted molar refractivity (Wildman–Crippen MR) is 62.6 cm³/mol. The summed E-state index contributed by atoms with van der Waals surface area (Å²) < 4.78 is 10.4. The summed E-state index contributed by atoms with van der Waals surface area (Å²) >= 11 is 6.06. The van der Waals surface area contributed by atoms with Crippen LogP contribution in [0.25, 0.3) is 0 Å². The third kappa shape index (κ3) is 3.40. The third-order valence-corrected chi connectivity index (χ3v) is 2.39. The van der Waals surface area contributed by atoms with Crippen LogP contribution in [0.4, 0.5) is 0 Å². The number of ether oxygens (including phenoxy) is 2.